The first-order chi connectivity index (χ1) is 4.09. The van der Waals surface area contributed by atoms with Crippen LogP contribution in [0.15, 0.2) is 0 Å². The molecule has 0 spiro atoms. The molecule has 0 fully saturated rings. The van der Waals surface area contributed by atoms with Gasteiger partial charge in [0.2, 0.25) is 0 Å². The summed E-state index contributed by atoms with van der Waals surface area (Å²) < 4.78 is 34.6. The number of nitrogens with zero attached hydrogens (tertiary/aromatic N) is 2. The molecule has 0 bridgehead atoms. The maximum absolute atomic E-state index is 9.84. The molecule has 0 radical (unpaired) electrons. The van der Waals surface area contributed by atoms with Gasteiger partial charge in [0, 0.05) is 0 Å². The topological polar surface area (TPSA) is 111 Å². The summed E-state index contributed by atoms with van der Waals surface area (Å²) in [5, 5.41) is 0. The highest BCUT2D eigenvalue weighted by Gasteiger charge is 2.22. The van der Waals surface area contributed by atoms with Crippen molar-refractivity contribution >= 4 is 26.5 Å². The van der Waals surface area contributed by atoms with E-state index in [0.29, 0.717) is 0 Å². The summed E-state index contributed by atoms with van der Waals surface area (Å²) >= 11 is -5.37. The fraction of sp³-hybridized carbons (Fsp3) is 0. The standard InChI is InChI=1S/CH2N2O4S2/c2-3-1(8(4)5)9(6)7/h(H,4,5)(H,6,7). The van der Waals surface area contributed by atoms with Crippen molar-refractivity contribution in [2.75, 3.05) is 0 Å². The predicted octanol–water partition coefficient (Wildman–Crippen LogP) is -0.984. The Labute approximate surface area is 55.1 Å². The lowest BCUT2D eigenvalue weighted by atomic mass is 11.7. The molecule has 2 unspecified atom stereocenters. The minimum atomic E-state index is -2.68. The molecule has 0 saturated carbocycles. The van der Waals surface area contributed by atoms with Crippen LogP contribution in [0.25, 0.3) is 5.53 Å². The SMILES string of the molecule is [N-]=[N+]=C(S(=O)O)S(=O)O. The summed E-state index contributed by atoms with van der Waals surface area (Å²) in [6, 6.07) is 0. The number of rotatable bonds is 0. The van der Waals surface area contributed by atoms with Gasteiger partial charge in [-0.3, -0.25) is 9.11 Å². The van der Waals surface area contributed by atoms with Crippen LogP contribution in [0.5, 0.6) is 0 Å². The van der Waals surface area contributed by atoms with Gasteiger partial charge in [0.05, 0.1) is 0 Å². The summed E-state index contributed by atoms with van der Waals surface area (Å²) in [5.74, 6) is 0. The van der Waals surface area contributed by atoms with E-state index in [1.54, 1.807) is 0 Å². The molecule has 2 N–H and O–H groups in total. The second kappa shape index (κ2) is 3.59. The molecule has 0 aromatic carbocycles. The van der Waals surface area contributed by atoms with Crippen LogP contribution in [0.3, 0.4) is 0 Å². The third-order valence-corrected chi connectivity index (χ3v) is 2.00. The molecule has 2 atom stereocenters. The lowest BCUT2D eigenvalue weighted by Gasteiger charge is -1.78. The van der Waals surface area contributed by atoms with E-state index >= 15 is 0 Å². The van der Waals surface area contributed by atoms with Crippen molar-refractivity contribution in [2.45, 2.75) is 0 Å². The quantitative estimate of drug-likeness (QED) is 0.160. The highest BCUT2D eigenvalue weighted by Crippen LogP contribution is 1.81. The van der Waals surface area contributed by atoms with Crippen LogP contribution in [-0.4, -0.2) is 26.7 Å². The molecule has 0 saturated heterocycles. The molecule has 9 heavy (non-hydrogen) atoms. The second-order valence-corrected chi connectivity index (χ2v) is 2.89. The second-order valence-electron chi connectivity index (χ2n) is 0.864. The molecule has 0 aromatic rings. The molecule has 0 amide bonds. The van der Waals surface area contributed by atoms with Crippen molar-refractivity contribution in [3.63, 3.8) is 0 Å². The van der Waals surface area contributed by atoms with Gasteiger partial charge in [0.1, 0.15) is 0 Å². The molecule has 0 rings (SSSR count). The molecular formula is CH2N2O4S2. The third kappa shape index (κ3) is 2.59. The van der Waals surface area contributed by atoms with Gasteiger partial charge in [0.15, 0.2) is 0 Å². The van der Waals surface area contributed by atoms with Gasteiger partial charge >= 0.3 is 4.38 Å². The van der Waals surface area contributed by atoms with Gasteiger partial charge in [-0.05, 0) is 0 Å². The zero-order valence-corrected chi connectivity index (χ0v) is 5.55. The van der Waals surface area contributed by atoms with E-state index < -0.39 is 26.5 Å². The van der Waals surface area contributed by atoms with E-state index in [0.717, 1.165) is 0 Å². The molecule has 8 heteroatoms. The molecule has 0 aromatic heterocycles. The molecule has 0 aliphatic heterocycles. The van der Waals surface area contributed by atoms with E-state index in [1.165, 1.54) is 0 Å². The maximum atomic E-state index is 9.84. The largest absolute Gasteiger partial charge is 0.495 e. The Kier molecular flexibility index (Phi) is 3.43. The first-order valence-corrected chi connectivity index (χ1v) is 3.74. The minimum absolute atomic E-state index is 1.07. The van der Waals surface area contributed by atoms with Crippen LogP contribution in [0, 0.1) is 0 Å². The summed E-state index contributed by atoms with van der Waals surface area (Å²) in [7, 11) is 0. The van der Waals surface area contributed by atoms with Crippen molar-refractivity contribution in [1.29, 1.82) is 0 Å². The Bertz CT molecular complexity index is 189. The zero-order chi connectivity index (χ0) is 7.44. The van der Waals surface area contributed by atoms with Crippen molar-refractivity contribution in [1.82, 2.24) is 0 Å². The summed E-state index contributed by atoms with van der Waals surface area (Å²) in [5.41, 5.74) is 7.75. The number of hydrogen-bond donors (Lipinski definition) is 2. The predicted molar refractivity (Wildman–Crippen MR) is 30.2 cm³/mol. The Balaban J connectivity index is 4.59. The van der Waals surface area contributed by atoms with E-state index in [-0.39, 0.29) is 0 Å². The normalized spacial score (nSPS) is 15.8. The third-order valence-electron chi connectivity index (χ3n) is 0.380. The highest BCUT2D eigenvalue weighted by molar-refractivity contribution is 8.21. The van der Waals surface area contributed by atoms with Crippen LogP contribution in [0.4, 0.5) is 0 Å². The summed E-state index contributed by atoms with van der Waals surface area (Å²) in [6.45, 7) is 0. The molecule has 52 valence electrons. The van der Waals surface area contributed by atoms with Crippen LogP contribution in [0.1, 0.15) is 0 Å². The fourth-order valence-electron chi connectivity index (χ4n) is 0.131. The molecule has 0 aliphatic carbocycles. The monoisotopic (exact) mass is 170 g/mol. The Hall–Kier alpha value is -0.400. The van der Waals surface area contributed by atoms with E-state index in [4.69, 9.17) is 14.6 Å². The van der Waals surface area contributed by atoms with E-state index in [9.17, 15) is 8.42 Å². The smallest absolute Gasteiger partial charge is 0.359 e. The summed E-state index contributed by atoms with van der Waals surface area (Å²) in [6.07, 6.45) is 0. The van der Waals surface area contributed by atoms with Crippen molar-refractivity contribution < 1.29 is 22.3 Å². The number of hydrogen-bond acceptors (Lipinski definition) is 2. The first kappa shape index (κ1) is 8.60. The maximum Gasteiger partial charge on any atom is 0.495 e. The van der Waals surface area contributed by atoms with Gasteiger partial charge in [-0.2, -0.15) is 0 Å². The average Bonchev–Trinajstić information content (AvgIpc) is 1.64. The molecule has 6 nitrogen and oxygen atoms in total. The van der Waals surface area contributed by atoms with E-state index in [1.807, 2.05) is 0 Å². The van der Waals surface area contributed by atoms with Gasteiger partial charge in [-0.25, -0.2) is 8.42 Å². The Morgan fingerprint density at radius 3 is 1.67 bits per heavy atom. The van der Waals surface area contributed by atoms with Crippen molar-refractivity contribution in [3.8, 4) is 0 Å². The molecule has 0 heterocycles. The molecule has 0 aliphatic rings. The van der Waals surface area contributed by atoms with Gasteiger partial charge in [-0.1, -0.05) is 0 Å². The zero-order valence-electron chi connectivity index (χ0n) is 3.92. The van der Waals surface area contributed by atoms with Crippen LogP contribution < -0.4 is 0 Å². The minimum Gasteiger partial charge on any atom is -0.359 e. The van der Waals surface area contributed by atoms with Crippen LogP contribution in [0.2, 0.25) is 0 Å². The lowest BCUT2D eigenvalue weighted by molar-refractivity contribution is 0.00362. The summed E-state index contributed by atoms with van der Waals surface area (Å²) in [4.78, 5) is 2.10. The van der Waals surface area contributed by atoms with E-state index in [2.05, 4.69) is 4.79 Å². The van der Waals surface area contributed by atoms with Crippen molar-refractivity contribution in [3.05, 3.63) is 5.53 Å². The van der Waals surface area contributed by atoms with Crippen LogP contribution in [-0.2, 0) is 22.2 Å². The fourth-order valence-corrected chi connectivity index (χ4v) is 0.758. The van der Waals surface area contributed by atoms with Gasteiger partial charge < -0.3 is 5.53 Å². The lowest BCUT2D eigenvalue weighted by Crippen LogP contribution is -2.13. The van der Waals surface area contributed by atoms with Crippen molar-refractivity contribution in [2.24, 2.45) is 0 Å². The van der Waals surface area contributed by atoms with Crippen LogP contribution >= 0.6 is 0 Å². The van der Waals surface area contributed by atoms with Gasteiger partial charge in [0.25, 0.3) is 22.2 Å². The van der Waals surface area contributed by atoms with Gasteiger partial charge in [-0.15, -0.1) is 4.79 Å². The average molecular weight is 170 g/mol. The first-order valence-electron chi connectivity index (χ1n) is 1.53. The highest BCUT2D eigenvalue weighted by atomic mass is 32.3. The Morgan fingerprint density at radius 1 is 1.33 bits per heavy atom. The molecular weight excluding hydrogens is 168 g/mol. The Morgan fingerprint density at radius 2 is 1.67 bits per heavy atom.